The SMILES string of the molecule is Cc1cc(C)c(NC(=O)CN2CCC(C(=O)Nc3ccccc3O)CC2)c(Cl)c1. The molecule has 3 N–H and O–H groups in total. The van der Waals surface area contributed by atoms with Gasteiger partial charge in [0.05, 0.1) is 22.9 Å². The van der Waals surface area contributed by atoms with Gasteiger partial charge in [0.15, 0.2) is 0 Å². The molecule has 0 aliphatic carbocycles. The molecular weight excluding hydrogens is 390 g/mol. The first-order valence-corrected chi connectivity index (χ1v) is 10.1. The summed E-state index contributed by atoms with van der Waals surface area (Å²) in [4.78, 5) is 26.9. The third-order valence-electron chi connectivity index (χ3n) is 5.18. The van der Waals surface area contributed by atoms with Gasteiger partial charge in [-0.2, -0.15) is 0 Å². The van der Waals surface area contributed by atoms with Crippen LogP contribution in [0.25, 0.3) is 0 Å². The fraction of sp³-hybridized carbons (Fsp3) is 0.364. The number of benzene rings is 2. The smallest absolute Gasteiger partial charge is 0.238 e. The second-order valence-corrected chi connectivity index (χ2v) is 7.95. The molecule has 0 atom stereocenters. The Bertz CT molecular complexity index is 885. The molecule has 0 aromatic heterocycles. The third kappa shape index (κ3) is 5.49. The van der Waals surface area contributed by atoms with Gasteiger partial charge in [0.25, 0.3) is 0 Å². The molecule has 0 radical (unpaired) electrons. The van der Waals surface area contributed by atoms with Crippen LogP contribution in [0, 0.1) is 19.8 Å². The van der Waals surface area contributed by atoms with Gasteiger partial charge >= 0.3 is 0 Å². The summed E-state index contributed by atoms with van der Waals surface area (Å²) in [6.07, 6.45) is 1.33. The zero-order valence-electron chi connectivity index (χ0n) is 16.7. The normalized spacial score (nSPS) is 15.1. The maximum Gasteiger partial charge on any atom is 0.238 e. The van der Waals surface area contributed by atoms with Crippen molar-refractivity contribution in [2.75, 3.05) is 30.3 Å². The van der Waals surface area contributed by atoms with Crippen molar-refractivity contribution in [3.8, 4) is 5.75 Å². The summed E-state index contributed by atoms with van der Waals surface area (Å²) in [7, 11) is 0. The number of phenolic OH excluding ortho intramolecular Hbond substituents is 1. The van der Waals surface area contributed by atoms with Crippen LogP contribution in [0.5, 0.6) is 5.75 Å². The number of anilines is 2. The minimum Gasteiger partial charge on any atom is -0.506 e. The van der Waals surface area contributed by atoms with E-state index < -0.39 is 0 Å². The van der Waals surface area contributed by atoms with Gasteiger partial charge in [0.2, 0.25) is 11.8 Å². The first kappa shape index (κ1) is 21.1. The second-order valence-electron chi connectivity index (χ2n) is 7.54. The Morgan fingerprint density at radius 3 is 2.48 bits per heavy atom. The van der Waals surface area contributed by atoms with Gasteiger partial charge in [-0.05, 0) is 69.1 Å². The topological polar surface area (TPSA) is 81.7 Å². The number of rotatable bonds is 5. The van der Waals surface area contributed by atoms with E-state index in [4.69, 9.17) is 11.6 Å². The number of carbonyl (C=O) groups excluding carboxylic acids is 2. The number of carbonyl (C=O) groups is 2. The van der Waals surface area contributed by atoms with Gasteiger partial charge < -0.3 is 15.7 Å². The van der Waals surface area contributed by atoms with Crippen molar-refractivity contribution >= 4 is 34.8 Å². The Morgan fingerprint density at radius 2 is 1.83 bits per heavy atom. The molecule has 2 aromatic carbocycles. The predicted molar refractivity (Wildman–Crippen MR) is 115 cm³/mol. The first-order valence-electron chi connectivity index (χ1n) is 9.71. The summed E-state index contributed by atoms with van der Waals surface area (Å²) in [5.41, 5.74) is 3.06. The van der Waals surface area contributed by atoms with E-state index in [-0.39, 0.29) is 30.0 Å². The van der Waals surface area contributed by atoms with E-state index in [0.29, 0.717) is 42.3 Å². The molecule has 1 heterocycles. The van der Waals surface area contributed by atoms with E-state index >= 15 is 0 Å². The Labute approximate surface area is 175 Å². The maximum atomic E-state index is 12.5. The van der Waals surface area contributed by atoms with E-state index in [1.807, 2.05) is 30.9 Å². The van der Waals surface area contributed by atoms with Crippen LogP contribution in [0.4, 0.5) is 11.4 Å². The second kappa shape index (κ2) is 9.29. The van der Waals surface area contributed by atoms with Crippen molar-refractivity contribution in [3.63, 3.8) is 0 Å². The van der Waals surface area contributed by atoms with Crippen molar-refractivity contribution < 1.29 is 14.7 Å². The quantitative estimate of drug-likeness (QED) is 0.646. The molecule has 2 amide bonds. The van der Waals surface area contributed by atoms with E-state index in [0.717, 1.165) is 11.1 Å². The highest BCUT2D eigenvalue weighted by molar-refractivity contribution is 6.34. The highest BCUT2D eigenvalue weighted by Gasteiger charge is 2.26. The summed E-state index contributed by atoms with van der Waals surface area (Å²) in [5, 5.41) is 16.0. The largest absolute Gasteiger partial charge is 0.506 e. The van der Waals surface area contributed by atoms with Crippen LogP contribution in [0.3, 0.4) is 0 Å². The minimum absolute atomic E-state index is 0.0556. The van der Waals surface area contributed by atoms with Crippen LogP contribution in [0.1, 0.15) is 24.0 Å². The number of piperidine rings is 1. The van der Waals surface area contributed by atoms with Gasteiger partial charge in [-0.3, -0.25) is 14.5 Å². The summed E-state index contributed by atoms with van der Waals surface area (Å²) in [6.45, 7) is 5.46. The molecule has 0 bridgehead atoms. The third-order valence-corrected chi connectivity index (χ3v) is 5.48. The molecule has 0 unspecified atom stereocenters. The molecular formula is C22H26ClN3O3. The molecule has 7 heteroatoms. The van der Waals surface area contributed by atoms with Gasteiger partial charge in [-0.25, -0.2) is 0 Å². The average molecular weight is 416 g/mol. The molecule has 1 aliphatic heterocycles. The lowest BCUT2D eigenvalue weighted by molar-refractivity contribution is -0.121. The standard InChI is InChI=1S/C22H26ClN3O3/c1-14-11-15(2)21(17(23)12-14)25-20(28)13-26-9-7-16(8-10-26)22(29)24-18-5-3-4-6-19(18)27/h3-6,11-12,16,27H,7-10,13H2,1-2H3,(H,24,29)(H,25,28). The van der Waals surface area contributed by atoms with E-state index in [1.165, 1.54) is 0 Å². The molecule has 29 heavy (non-hydrogen) atoms. The number of phenols is 1. The highest BCUT2D eigenvalue weighted by atomic mass is 35.5. The molecule has 3 rings (SSSR count). The Kier molecular flexibility index (Phi) is 6.77. The van der Waals surface area contributed by atoms with E-state index in [1.54, 1.807) is 24.3 Å². The lowest BCUT2D eigenvalue weighted by Gasteiger charge is -2.30. The molecule has 1 saturated heterocycles. The van der Waals surface area contributed by atoms with Crippen LogP contribution in [0.2, 0.25) is 5.02 Å². The molecule has 154 valence electrons. The number of aryl methyl sites for hydroxylation is 2. The lowest BCUT2D eigenvalue weighted by Crippen LogP contribution is -2.41. The number of nitrogens with zero attached hydrogens (tertiary/aromatic N) is 1. The molecule has 0 saturated carbocycles. The average Bonchev–Trinajstić information content (AvgIpc) is 2.67. The number of halogens is 1. The molecule has 2 aromatic rings. The number of amides is 2. The minimum atomic E-state index is -0.136. The predicted octanol–water partition coefficient (Wildman–Crippen LogP) is 3.95. The summed E-state index contributed by atoms with van der Waals surface area (Å²) < 4.78 is 0. The summed E-state index contributed by atoms with van der Waals surface area (Å²) in [6, 6.07) is 10.5. The molecule has 6 nitrogen and oxygen atoms in total. The molecule has 0 spiro atoms. The number of para-hydroxylation sites is 2. The lowest BCUT2D eigenvalue weighted by atomic mass is 9.95. The van der Waals surface area contributed by atoms with Gasteiger partial charge in [-0.1, -0.05) is 29.8 Å². The Hall–Kier alpha value is -2.57. The number of aromatic hydroxyl groups is 1. The van der Waals surface area contributed by atoms with Crippen LogP contribution in [-0.4, -0.2) is 41.5 Å². The van der Waals surface area contributed by atoms with Gasteiger partial charge in [0.1, 0.15) is 5.75 Å². The Balaban J connectivity index is 1.49. The summed E-state index contributed by atoms with van der Waals surface area (Å²) >= 11 is 6.26. The van der Waals surface area contributed by atoms with Crippen molar-refractivity contribution in [2.24, 2.45) is 5.92 Å². The van der Waals surface area contributed by atoms with Gasteiger partial charge in [0, 0.05) is 5.92 Å². The fourth-order valence-corrected chi connectivity index (χ4v) is 3.99. The van der Waals surface area contributed by atoms with Crippen molar-refractivity contribution in [1.29, 1.82) is 0 Å². The van der Waals surface area contributed by atoms with Crippen LogP contribution >= 0.6 is 11.6 Å². The Morgan fingerprint density at radius 1 is 1.14 bits per heavy atom. The highest BCUT2D eigenvalue weighted by Crippen LogP contribution is 2.28. The first-order chi connectivity index (χ1) is 13.8. The zero-order chi connectivity index (χ0) is 21.0. The maximum absolute atomic E-state index is 12.5. The van der Waals surface area contributed by atoms with Gasteiger partial charge in [-0.15, -0.1) is 0 Å². The molecule has 1 fully saturated rings. The molecule has 1 aliphatic rings. The number of likely N-dealkylation sites (tertiary alicyclic amines) is 1. The number of hydrogen-bond donors (Lipinski definition) is 3. The zero-order valence-corrected chi connectivity index (χ0v) is 17.4. The number of hydrogen-bond acceptors (Lipinski definition) is 4. The summed E-state index contributed by atoms with van der Waals surface area (Å²) in [5.74, 6) is -0.295. The van der Waals surface area contributed by atoms with Crippen LogP contribution < -0.4 is 10.6 Å². The van der Waals surface area contributed by atoms with Crippen LogP contribution in [0.15, 0.2) is 36.4 Å². The fourth-order valence-electron chi connectivity index (χ4n) is 3.62. The van der Waals surface area contributed by atoms with Crippen molar-refractivity contribution in [1.82, 2.24) is 4.90 Å². The number of nitrogens with one attached hydrogen (secondary N) is 2. The van der Waals surface area contributed by atoms with Crippen molar-refractivity contribution in [3.05, 3.63) is 52.5 Å². The van der Waals surface area contributed by atoms with E-state index in [9.17, 15) is 14.7 Å². The van der Waals surface area contributed by atoms with E-state index in [2.05, 4.69) is 10.6 Å². The van der Waals surface area contributed by atoms with Crippen molar-refractivity contribution in [2.45, 2.75) is 26.7 Å². The monoisotopic (exact) mass is 415 g/mol. The van der Waals surface area contributed by atoms with Crippen LogP contribution in [-0.2, 0) is 9.59 Å².